The number of hydrogen-bond donors (Lipinski definition) is 3. The van der Waals surface area contributed by atoms with E-state index in [1.807, 2.05) is 0 Å². The van der Waals surface area contributed by atoms with Crippen LogP contribution in [0.25, 0.3) is 10.2 Å². The lowest BCUT2D eigenvalue weighted by atomic mass is 10.1. The number of ether oxygens (including phenoxy) is 1. The van der Waals surface area contributed by atoms with E-state index >= 15 is 0 Å². The van der Waals surface area contributed by atoms with Gasteiger partial charge in [0.25, 0.3) is 0 Å². The first-order valence-corrected chi connectivity index (χ1v) is 6.99. The van der Waals surface area contributed by atoms with E-state index in [4.69, 9.17) is 22.1 Å². The Labute approximate surface area is 117 Å². The lowest BCUT2D eigenvalue weighted by Gasteiger charge is -2.18. The SMILES string of the molecule is OCC1OC(n2ccc3ncsc3c2=S)C(O)C1O. The molecule has 4 atom stereocenters. The number of fused-ring (bicyclic) bond motifs is 1. The predicted molar refractivity (Wildman–Crippen MR) is 71.5 cm³/mol. The summed E-state index contributed by atoms with van der Waals surface area (Å²) in [5.74, 6) is 0. The van der Waals surface area contributed by atoms with Gasteiger partial charge in [0.05, 0.1) is 22.3 Å². The molecule has 1 saturated heterocycles. The van der Waals surface area contributed by atoms with Gasteiger partial charge in [-0.2, -0.15) is 0 Å². The monoisotopic (exact) mass is 300 g/mol. The summed E-state index contributed by atoms with van der Waals surface area (Å²) < 4.78 is 8.36. The molecule has 6 nitrogen and oxygen atoms in total. The fourth-order valence-electron chi connectivity index (χ4n) is 2.18. The standard InChI is InChI=1S/C11H12N2O4S2/c14-3-6-7(15)8(16)10(17-6)13-2-1-5-9(11(13)18)19-4-12-5/h1-2,4,6-8,10,14-16H,3H2. The summed E-state index contributed by atoms with van der Waals surface area (Å²) in [5.41, 5.74) is 2.49. The van der Waals surface area contributed by atoms with Crippen LogP contribution >= 0.6 is 23.6 Å². The Hall–Kier alpha value is -0.900. The van der Waals surface area contributed by atoms with Crippen molar-refractivity contribution < 1.29 is 20.1 Å². The quantitative estimate of drug-likeness (QED) is 0.698. The van der Waals surface area contributed by atoms with E-state index in [2.05, 4.69) is 4.98 Å². The van der Waals surface area contributed by atoms with Crippen LogP contribution < -0.4 is 0 Å². The molecule has 0 radical (unpaired) electrons. The van der Waals surface area contributed by atoms with Gasteiger partial charge in [0.1, 0.15) is 23.0 Å². The lowest BCUT2D eigenvalue weighted by Crippen LogP contribution is -2.33. The molecule has 0 aromatic carbocycles. The molecule has 4 unspecified atom stereocenters. The normalized spacial score (nSPS) is 31.1. The molecule has 102 valence electrons. The molecular weight excluding hydrogens is 288 g/mol. The second-order valence-electron chi connectivity index (χ2n) is 4.32. The average Bonchev–Trinajstić information content (AvgIpc) is 2.98. The average molecular weight is 300 g/mol. The third-order valence-electron chi connectivity index (χ3n) is 3.21. The largest absolute Gasteiger partial charge is 0.394 e. The minimum atomic E-state index is -1.13. The van der Waals surface area contributed by atoms with Crippen LogP contribution in [0, 0.1) is 4.64 Å². The van der Waals surface area contributed by atoms with Gasteiger partial charge in [0, 0.05) is 6.20 Å². The number of rotatable bonds is 2. The van der Waals surface area contributed by atoms with Crippen molar-refractivity contribution in [2.45, 2.75) is 24.5 Å². The molecule has 8 heteroatoms. The highest BCUT2D eigenvalue weighted by atomic mass is 32.1. The maximum absolute atomic E-state index is 9.99. The van der Waals surface area contributed by atoms with E-state index in [1.54, 1.807) is 22.3 Å². The molecule has 3 N–H and O–H groups in total. The summed E-state index contributed by atoms with van der Waals surface area (Å²) in [5, 5.41) is 28.8. The van der Waals surface area contributed by atoms with Crippen LogP contribution in [0.5, 0.6) is 0 Å². The summed E-state index contributed by atoms with van der Waals surface area (Å²) in [6, 6.07) is 1.77. The number of pyridine rings is 1. The minimum Gasteiger partial charge on any atom is -0.394 e. The van der Waals surface area contributed by atoms with Crippen LogP contribution in [-0.2, 0) is 4.74 Å². The molecule has 0 bridgehead atoms. The summed E-state index contributed by atoms with van der Waals surface area (Å²) >= 11 is 6.76. The Balaban J connectivity index is 2.05. The molecule has 0 amide bonds. The van der Waals surface area contributed by atoms with E-state index in [9.17, 15) is 10.2 Å². The molecule has 3 heterocycles. The molecule has 2 aromatic rings. The molecule has 3 rings (SSSR count). The van der Waals surface area contributed by atoms with Crippen molar-refractivity contribution in [1.82, 2.24) is 9.55 Å². The molecule has 19 heavy (non-hydrogen) atoms. The van der Waals surface area contributed by atoms with Crippen LogP contribution in [0.4, 0.5) is 0 Å². The van der Waals surface area contributed by atoms with Gasteiger partial charge in [-0.15, -0.1) is 11.3 Å². The molecule has 0 spiro atoms. The van der Waals surface area contributed by atoms with Gasteiger partial charge >= 0.3 is 0 Å². The third kappa shape index (κ3) is 2.00. The van der Waals surface area contributed by atoms with Crippen molar-refractivity contribution in [2.75, 3.05) is 6.61 Å². The van der Waals surface area contributed by atoms with Gasteiger partial charge in [-0.25, -0.2) is 4.98 Å². The first-order valence-electron chi connectivity index (χ1n) is 5.70. The highest BCUT2D eigenvalue weighted by Crippen LogP contribution is 2.31. The Morgan fingerprint density at radius 3 is 2.89 bits per heavy atom. The van der Waals surface area contributed by atoms with Crippen molar-refractivity contribution in [3.05, 3.63) is 22.4 Å². The van der Waals surface area contributed by atoms with E-state index < -0.39 is 24.5 Å². The van der Waals surface area contributed by atoms with Gasteiger partial charge in [-0.05, 0) is 6.07 Å². The van der Waals surface area contributed by atoms with E-state index in [1.165, 1.54) is 11.3 Å². The number of hydrogen-bond acceptors (Lipinski definition) is 7. The van der Waals surface area contributed by atoms with E-state index in [0.717, 1.165) is 10.2 Å². The predicted octanol–water partition coefficient (Wildman–Crippen LogP) is 0.439. The molecule has 0 aliphatic carbocycles. The number of aliphatic hydroxyl groups is 3. The highest BCUT2D eigenvalue weighted by molar-refractivity contribution is 7.71. The highest BCUT2D eigenvalue weighted by Gasteiger charge is 2.43. The van der Waals surface area contributed by atoms with Gasteiger partial charge in [0.15, 0.2) is 6.23 Å². The maximum atomic E-state index is 9.99. The third-order valence-corrected chi connectivity index (χ3v) is 4.60. The van der Waals surface area contributed by atoms with E-state index in [-0.39, 0.29) is 6.61 Å². The van der Waals surface area contributed by atoms with Gasteiger partial charge in [-0.3, -0.25) is 0 Å². The van der Waals surface area contributed by atoms with Gasteiger partial charge in [0.2, 0.25) is 0 Å². The van der Waals surface area contributed by atoms with Crippen molar-refractivity contribution in [3.8, 4) is 0 Å². The molecule has 1 aliphatic rings. The summed E-state index contributed by atoms with van der Waals surface area (Å²) in [7, 11) is 0. The molecule has 2 aromatic heterocycles. The Kier molecular flexibility index (Phi) is 3.37. The summed E-state index contributed by atoms with van der Waals surface area (Å²) in [6.07, 6.45) is -2.20. The molecular formula is C11H12N2O4S2. The molecule has 1 fully saturated rings. The first-order chi connectivity index (χ1) is 9.13. The number of thiazole rings is 1. The topological polar surface area (TPSA) is 87.7 Å². The summed E-state index contributed by atoms with van der Waals surface area (Å²) in [6.45, 7) is -0.356. The van der Waals surface area contributed by atoms with Crippen LogP contribution in [0.1, 0.15) is 6.23 Å². The van der Waals surface area contributed by atoms with Gasteiger partial charge < -0.3 is 24.6 Å². The second kappa shape index (κ2) is 4.89. The maximum Gasteiger partial charge on any atom is 0.164 e. The summed E-state index contributed by atoms with van der Waals surface area (Å²) in [4.78, 5) is 4.16. The number of aromatic nitrogens is 2. The van der Waals surface area contributed by atoms with Crippen LogP contribution in [0.3, 0.4) is 0 Å². The zero-order valence-corrected chi connectivity index (χ0v) is 11.3. The second-order valence-corrected chi connectivity index (χ2v) is 5.57. The Morgan fingerprint density at radius 1 is 1.42 bits per heavy atom. The number of aliphatic hydroxyl groups excluding tert-OH is 3. The van der Waals surface area contributed by atoms with Crippen molar-refractivity contribution >= 4 is 33.8 Å². The number of nitrogens with zero attached hydrogens (tertiary/aromatic N) is 2. The Morgan fingerprint density at radius 2 is 2.21 bits per heavy atom. The molecule has 1 aliphatic heterocycles. The van der Waals surface area contributed by atoms with Crippen molar-refractivity contribution in [2.24, 2.45) is 0 Å². The fourth-order valence-corrected chi connectivity index (χ4v) is 3.31. The fraction of sp³-hybridized carbons (Fsp3) is 0.455. The molecule has 0 saturated carbocycles. The Bertz CT molecular complexity index is 655. The van der Waals surface area contributed by atoms with Crippen LogP contribution in [-0.4, -0.2) is 49.8 Å². The van der Waals surface area contributed by atoms with Crippen molar-refractivity contribution in [3.63, 3.8) is 0 Å². The van der Waals surface area contributed by atoms with E-state index in [0.29, 0.717) is 4.64 Å². The first kappa shape index (κ1) is 13.1. The zero-order chi connectivity index (χ0) is 13.6. The minimum absolute atomic E-state index is 0.356. The zero-order valence-electron chi connectivity index (χ0n) is 9.71. The lowest BCUT2D eigenvalue weighted by molar-refractivity contribution is -0.0533. The van der Waals surface area contributed by atoms with Crippen molar-refractivity contribution in [1.29, 1.82) is 0 Å². The van der Waals surface area contributed by atoms with Crippen LogP contribution in [0.15, 0.2) is 17.8 Å². The van der Waals surface area contributed by atoms with Gasteiger partial charge in [-0.1, -0.05) is 12.2 Å². The van der Waals surface area contributed by atoms with Crippen LogP contribution in [0.2, 0.25) is 0 Å². The smallest absolute Gasteiger partial charge is 0.164 e.